The summed E-state index contributed by atoms with van der Waals surface area (Å²) >= 11 is 0. The zero-order chi connectivity index (χ0) is 14.8. The summed E-state index contributed by atoms with van der Waals surface area (Å²) < 4.78 is 0. The molecule has 0 saturated heterocycles. The third-order valence-corrected chi connectivity index (χ3v) is 4.56. The van der Waals surface area contributed by atoms with Gasteiger partial charge in [0.2, 0.25) is 5.91 Å². The van der Waals surface area contributed by atoms with E-state index in [1.807, 2.05) is 36.3 Å². The summed E-state index contributed by atoms with van der Waals surface area (Å²) in [7, 11) is 1.87. The molecule has 0 bridgehead atoms. The zero-order valence-electron chi connectivity index (χ0n) is 12.5. The molecule has 1 atom stereocenters. The fraction of sp³-hybridized carbons (Fsp3) is 0.471. The molecule has 0 aliphatic heterocycles. The number of aromatic amines is 1. The first kappa shape index (κ1) is 14.1. The number of benzene rings is 1. The minimum absolute atomic E-state index is 0.0483. The van der Waals surface area contributed by atoms with Gasteiger partial charge < -0.3 is 15.6 Å². The van der Waals surface area contributed by atoms with Gasteiger partial charge in [0.25, 0.3) is 0 Å². The van der Waals surface area contributed by atoms with E-state index >= 15 is 0 Å². The minimum Gasteiger partial charge on any atom is -0.361 e. The Hall–Kier alpha value is -1.81. The number of H-pyrrole nitrogens is 1. The molecule has 3 rings (SSSR count). The molecule has 4 heteroatoms. The third kappa shape index (κ3) is 2.95. The van der Waals surface area contributed by atoms with Gasteiger partial charge in [-0.3, -0.25) is 4.79 Å². The van der Waals surface area contributed by atoms with Crippen molar-refractivity contribution in [2.45, 2.75) is 31.7 Å². The maximum atomic E-state index is 12.4. The van der Waals surface area contributed by atoms with Crippen LogP contribution in [0.1, 0.15) is 24.8 Å². The van der Waals surface area contributed by atoms with Gasteiger partial charge in [-0.05, 0) is 36.8 Å². The highest BCUT2D eigenvalue weighted by atomic mass is 16.2. The largest absolute Gasteiger partial charge is 0.361 e. The molecule has 4 nitrogen and oxygen atoms in total. The SMILES string of the molecule is CN(CC1CCC1)C(=O)[C@@H](N)Cc1c[nH]c2ccccc12. The Morgan fingerprint density at radius 1 is 1.43 bits per heavy atom. The van der Waals surface area contributed by atoms with Crippen molar-refractivity contribution in [2.24, 2.45) is 11.7 Å². The highest BCUT2D eigenvalue weighted by Crippen LogP contribution is 2.27. The predicted octanol–water partition coefficient (Wildman–Crippen LogP) is 2.30. The molecule has 1 aliphatic carbocycles. The van der Waals surface area contributed by atoms with Crippen LogP contribution in [0, 0.1) is 5.92 Å². The number of hydrogen-bond acceptors (Lipinski definition) is 2. The highest BCUT2D eigenvalue weighted by Gasteiger charge is 2.24. The van der Waals surface area contributed by atoms with Crippen LogP contribution in [-0.4, -0.2) is 35.4 Å². The number of nitrogens with two attached hydrogens (primary N) is 1. The van der Waals surface area contributed by atoms with Crippen molar-refractivity contribution in [1.82, 2.24) is 9.88 Å². The van der Waals surface area contributed by atoms with Crippen molar-refractivity contribution in [1.29, 1.82) is 0 Å². The number of nitrogens with zero attached hydrogens (tertiary/aromatic N) is 1. The van der Waals surface area contributed by atoms with Crippen molar-refractivity contribution >= 4 is 16.8 Å². The molecular weight excluding hydrogens is 262 g/mol. The topological polar surface area (TPSA) is 62.1 Å². The number of nitrogens with one attached hydrogen (secondary N) is 1. The smallest absolute Gasteiger partial charge is 0.239 e. The molecule has 1 amide bonds. The van der Waals surface area contributed by atoms with E-state index in [-0.39, 0.29) is 5.91 Å². The summed E-state index contributed by atoms with van der Waals surface area (Å²) in [6, 6.07) is 7.65. The van der Waals surface area contributed by atoms with Gasteiger partial charge in [-0.15, -0.1) is 0 Å². The van der Waals surface area contributed by atoms with Crippen molar-refractivity contribution in [3.63, 3.8) is 0 Å². The van der Waals surface area contributed by atoms with E-state index in [4.69, 9.17) is 5.73 Å². The number of hydrogen-bond donors (Lipinski definition) is 2. The van der Waals surface area contributed by atoms with E-state index in [2.05, 4.69) is 11.1 Å². The second-order valence-corrected chi connectivity index (χ2v) is 6.19. The van der Waals surface area contributed by atoms with Gasteiger partial charge in [-0.1, -0.05) is 24.6 Å². The number of carbonyl (C=O) groups excluding carboxylic acids is 1. The molecule has 1 saturated carbocycles. The number of carbonyl (C=O) groups is 1. The summed E-state index contributed by atoms with van der Waals surface area (Å²) in [4.78, 5) is 17.4. The quantitative estimate of drug-likeness (QED) is 0.885. The molecular formula is C17H23N3O. The summed E-state index contributed by atoms with van der Waals surface area (Å²) in [5.74, 6) is 0.728. The van der Waals surface area contributed by atoms with Crippen LogP contribution in [0.15, 0.2) is 30.5 Å². The van der Waals surface area contributed by atoms with Crippen LogP contribution in [-0.2, 0) is 11.2 Å². The maximum absolute atomic E-state index is 12.4. The van der Waals surface area contributed by atoms with E-state index < -0.39 is 6.04 Å². The normalized spacial score (nSPS) is 16.7. The Morgan fingerprint density at radius 3 is 2.90 bits per heavy atom. The van der Waals surface area contributed by atoms with Crippen molar-refractivity contribution < 1.29 is 4.79 Å². The monoisotopic (exact) mass is 285 g/mol. The van der Waals surface area contributed by atoms with Crippen LogP contribution in [0.4, 0.5) is 0 Å². The highest BCUT2D eigenvalue weighted by molar-refractivity contribution is 5.86. The molecule has 0 radical (unpaired) electrons. The molecule has 21 heavy (non-hydrogen) atoms. The van der Waals surface area contributed by atoms with Crippen molar-refractivity contribution in [2.75, 3.05) is 13.6 Å². The summed E-state index contributed by atoms with van der Waals surface area (Å²) in [6.45, 7) is 0.848. The summed E-state index contributed by atoms with van der Waals surface area (Å²) in [5, 5.41) is 1.15. The summed E-state index contributed by atoms with van der Waals surface area (Å²) in [6.07, 6.45) is 6.33. The van der Waals surface area contributed by atoms with Crippen LogP contribution in [0.2, 0.25) is 0 Å². The first-order valence-corrected chi connectivity index (χ1v) is 7.70. The molecule has 1 aromatic heterocycles. The van der Waals surface area contributed by atoms with E-state index in [9.17, 15) is 4.79 Å². The molecule has 0 spiro atoms. The first-order chi connectivity index (χ1) is 10.1. The Kier molecular flexibility index (Phi) is 3.97. The molecule has 1 aromatic carbocycles. The molecule has 1 heterocycles. The van der Waals surface area contributed by atoms with Gasteiger partial charge in [-0.25, -0.2) is 0 Å². The first-order valence-electron chi connectivity index (χ1n) is 7.70. The van der Waals surface area contributed by atoms with Crippen LogP contribution < -0.4 is 5.73 Å². The molecule has 1 fully saturated rings. The Balaban J connectivity index is 1.64. The average molecular weight is 285 g/mol. The number of para-hydroxylation sites is 1. The zero-order valence-corrected chi connectivity index (χ0v) is 12.5. The van der Waals surface area contributed by atoms with Crippen molar-refractivity contribution in [3.05, 3.63) is 36.0 Å². The van der Waals surface area contributed by atoms with Crippen LogP contribution in [0.25, 0.3) is 10.9 Å². The van der Waals surface area contributed by atoms with E-state index in [0.717, 1.165) is 23.0 Å². The lowest BCUT2D eigenvalue weighted by molar-refractivity contribution is -0.132. The molecule has 1 aliphatic rings. The lowest BCUT2D eigenvalue weighted by Crippen LogP contribution is -2.45. The fourth-order valence-electron chi connectivity index (χ4n) is 3.06. The summed E-state index contributed by atoms with van der Waals surface area (Å²) in [5.41, 5.74) is 8.34. The Labute approximate surface area is 125 Å². The van der Waals surface area contributed by atoms with Gasteiger partial charge in [0, 0.05) is 30.7 Å². The van der Waals surface area contributed by atoms with E-state index in [0.29, 0.717) is 12.3 Å². The van der Waals surface area contributed by atoms with Gasteiger partial charge >= 0.3 is 0 Å². The van der Waals surface area contributed by atoms with Gasteiger partial charge in [0.1, 0.15) is 0 Å². The second kappa shape index (κ2) is 5.90. The molecule has 0 unspecified atom stereocenters. The predicted molar refractivity (Wildman–Crippen MR) is 85.0 cm³/mol. The minimum atomic E-state index is -0.464. The number of rotatable bonds is 5. The molecule has 112 valence electrons. The number of likely N-dealkylation sites (N-methyl/N-ethyl adjacent to an activating group) is 1. The Bertz CT molecular complexity index is 630. The number of aromatic nitrogens is 1. The van der Waals surface area contributed by atoms with Crippen LogP contribution in [0.5, 0.6) is 0 Å². The fourth-order valence-corrected chi connectivity index (χ4v) is 3.06. The van der Waals surface area contributed by atoms with E-state index in [1.165, 1.54) is 19.3 Å². The standard InChI is InChI=1S/C17H23N3O/c1-20(11-12-5-4-6-12)17(21)15(18)9-13-10-19-16-8-3-2-7-14(13)16/h2-3,7-8,10,12,15,19H,4-6,9,11,18H2,1H3/t15-/m0/s1. The molecule has 3 N–H and O–H groups in total. The Morgan fingerprint density at radius 2 is 2.19 bits per heavy atom. The average Bonchev–Trinajstić information content (AvgIpc) is 2.85. The maximum Gasteiger partial charge on any atom is 0.239 e. The van der Waals surface area contributed by atoms with E-state index in [1.54, 1.807) is 0 Å². The van der Waals surface area contributed by atoms with Crippen LogP contribution in [0.3, 0.4) is 0 Å². The van der Waals surface area contributed by atoms with Crippen molar-refractivity contribution in [3.8, 4) is 0 Å². The van der Waals surface area contributed by atoms with Crippen LogP contribution >= 0.6 is 0 Å². The van der Waals surface area contributed by atoms with Gasteiger partial charge in [0.15, 0.2) is 0 Å². The van der Waals surface area contributed by atoms with Gasteiger partial charge in [-0.2, -0.15) is 0 Å². The number of amides is 1. The lowest BCUT2D eigenvalue weighted by Gasteiger charge is -2.31. The molecule has 2 aromatic rings. The van der Waals surface area contributed by atoms with Gasteiger partial charge in [0.05, 0.1) is 6.04 Å². The number of fused-ring (bicyclic) bond motifs is 1. The third-order valence-electron chi connectivity index (χ3n) is 4.56. The lowest BCUT2D eigenvalue weighted by atomic mass is 9.85. The second-order valence-electron chi connectivity index (χ2n) is 6.19.